The zero-order valence-electron chi connectivity index (χ0n) is 11.0. The summed E-state index contributed by atoms with van der Waals surface area (Å²) in [5.41, 5.74) is 0.0836. The SMILES string of the molecule is O=S(=O)(Nc1c(Cl)cc(F)cc1Br)N1CCCCC1CO. The molecular formula is C12H15BrClFN2O3S. The van der Waals surface area contributed by atoms with Gasteiger partial charge in [-0.05, 0) is 40.9 Å². The summed E-state index contributed by atoms with van der Waals surface area (Å²) in [4.78, 5) is 0. The average Bonchev–Trinajstić information content (AvgIpc) is 2.43. The number of piperidine rings is 1. The van der Waals surface area contributed by atoms with Crippen LogP contribution in [0.15, 0.2) is 16.6 Å². The summed E-state index contributed by atoms with van der Waals surface area (Å²) in [7, 11) is -3.87. The Balaban J connectivity index is 2.29. The molecule has 1 aromatic carbocycles. The molecule has 1 unspecified atom stereocenters. The van der Waals surface area contributed by atoms with E-state index in [2.05, 4.69) is 20.7 Å². The first-order valence-corrected chi connectivity index (χ1v) is 9.01. The van der Waals surface area contributed by atoms with E-state index >= 15 is 0 Å². The number of anilines is 1. The van der Waals surface area contributed by atoms with E-state index in [1.165, 1.54) is 4.31 Å². The number of rotatable bonds is 4. The highest BCUT2D eigenvalue weighted by Crippen LogP contribution is 2.33. The number of nitrogens with zero attached hydrogens (tertiary/aromatic N) is 1. The molecule has 1 atom stereocenters. The van der Waals surface area contributed by atoms with Crippen LogP contribution in [-0.4, -0.2) is 37.0 Å². The molecule has 1 aromatic rings. The van der Waals surface area contributed by atoms with Crippen molar-refractivity contribution in [2.45, 2.75) is 25.3 Å². The van der Waals surface area contributed by atoms with Gasteiger partial charge in [-0.1, -0.05) is 18.0 Å². The highest BCUT2D eigenvalue weighted by Gasteiger charge is 2.32. The van der Waals surface area contributed by atoms with Crippen LogP contribution in [0.1, 0.15) is 19.3 Å². The molecule has 1 fully saturated rings. The number of aliphatic hydroxyl groups excluding tert-OH is 1. The molecule has 118 valence electrons. The van der Waals surface area contributed by atoms with Crippen LogP contribution < -0.4 is 4.72 Å². The van der Waals surface area contributed by atoms with Crippen LogP contribution in [0, 0.1) is 5.82 Å². The van der Waals surface area contributed by atoms with E-state index in [-0.39, 0.29) is 21.8 Å². The molecule has 0 aliphatic carbocycles. The van der Waals surface area contributed by atoms with Crippen molar-refractivity contribution in [1.29, 1.82) is 0 Å². The van der Waals surface area contributed by atoms with Crippen LogP contribution in [0.4, 0.5) is 10.1 Å². The summed E-state index contributed by atoms with van der Waals surface area (Å²) in [6.45, 7) is 0.0935. The van der Waals surface area contributed by atoms with Gasteiger partial charge in [0.15, 0.2) is 0 Å². The third kappa shape index (κ3) is 3.87. The van der Waals surface area contributed by atoms with Gasteiger partial charge < -0.3 is 5.11 Å². The van der Waals surface area contributed by atoms with Crippen molar-refractivity contribution in [3.8, 4) is 0 Å². The Morgan fingerprint density at radius 3 is 2.81 bits per heavy atom. The summed E-state index contributed by atoms with van der Waals surface area (Å²) in [5, 5.41) is 9.28. The number of hydrogen-bond donors (Lipinski definition) is 2. The number of halogens is 3. The van der Waals surface area contributed by atoms with Gasteiger partial charge in [0.1, 0.15) is 5.82 Å². The zero-order valence-corrected chi connectivity index (χ0v) is 14.2. The summed E-state index contributed by atoms with van der Waals surface area (Å²) >= 11 is 8.97. The summed E-state index contributed by atoms with van der Waals surface area (Å²) in [5.74, 6) is -0.568. The fraction of sp³-hybridized carbons (Fsp3) is 0.500. The smallest absolute Gasteiger partial charge is 0.302 e. The van der Waals surface area contributed by atoms with Crippen LogP contribution in [0.2, 0.25) is 5.02 Å². The number of benzene rings is 1. The molecule has 1 heterocycles. The quantitative estimate of drug-likeness (QED) is 0.815. The number of hydrogen-bond acceptors (Lipinski definition) is 3. The lowest BCUT2D eigenvalue weighted by molar-refractivity contribution is 0.156. The first-order chi connectivity index (χ1) is 9.85. The Morgan fingerprint density at radius 2 is 2.19 bits per heavy atom. The first-order valence-electron chi connectivity index (χ1n) is 6.40. The van der Waals surface area contributed by atoms with Crippen LogP contribution in [0.3, 0.4) is 0 Å². The van der Waals surface area contributed by atoms with Gasteiger partial charge in [0.25, 0.3) is 0 Å². The van der Waals surface area contributed by atoms with Crippen molar-refractivity contribution in [2.24, 2.45) is 0 Å². The maximum absolute atomic E-state index is 13.2. The Morgan fingerprint density at radius 1 is 1.48 bits per heavy atom. The second-order valence-electron chi connectivity index (χ2n) is 4.79. The van der Waals surface area contributed by atoms with E-state index in [0.29, 0.717) is 13.0 Å². The lowest BCUT2D eigenvalue weighted by Gasteiger charge is -2.33. The summed E-state index contributed by atoms with van der Waals surface area (Å²) in [6, 6.07) is 1.71. The highest BCUT2D eigenvalue weighted by atomic mass is 79.9. The summed E-state index contributed by atoms with van der Waals surface area (Å²) in [6.07, 6.45) is 2.21. The first kappa shape index (κ1) is 17.0. The molecule has 1 saturated heterocycles. The molecular weight excluding hydrogens is 387 g/mol. The molecule has 9 heteroatoms. The van der Waals surface area contributed by atoms with E-state index in [1.54, 1.807) is 0 Å². The Kier molecular flexibility index (Phi) is 5.48. The van der Waals surface area contributed by atoms with Gasteiger partial charge in [0.2, 0.25) is 0 Å². The van der Waals surface area contributed by atoms with Gasteiger partial charge in [0.05, 0.1) is 17.3 Å². The Bertz CT molecular complexity index is 606. The monoisotopic (exact) mass is 400 g/mol. The third-order valence-electron chi connectivity index (χ3n) is 3.33. The molecule has 1 aliphatic heterocycles. The maximum Gasteiger partial charge on any atom is 0.302 e. The number of nitrogens with one attached hydrogen (secondary N) is 1. The molecule has 0 aromatic heterocycles. The van der Waals surface area contributed by atoms with Crippen LogP contribution >= 0.6 is 27.5 Å². The lowest BCUT2D eigenvalue weighted by atomic mass is 10.1. The molecule has 0 bridgehead atoms. The van der Waals surface area contributed by atoms with E-state index in [0.717, 1.165) is 25.0 Å². The molecule has 0 saturated carbocycles. The van der Waals surface area contributed by atoms with Gasteiger partial charge in [0, 0.05) is 17.1 Å². The van der Waals surface area contributed by atoms with E-state index < -0.39 is 22.1 Å². The molecule has 0 radical (unpaired) electrons. The predicted molar refractivity (Wildman–Crippen MR) is 83.1 cm³/mol. The standard InChI is InChI=1S/C12H15BrClFN2O3S/c13-10-5-8(15)6-11(14)12(10)16-21(19,20)17-4-2-1-3-9(17)7-18/h5-6,9,16,18H,1-4,7H2. The van der Waals surface area contributed by atoms with Crippen LogP contribution in [-0.2, 0) is 10.2 Å². The molecule has 21 heavy (non-hydrogen) atoms. The van der Waals surface area contributed by atoms with E-state index in [4.69, 9.17) is 11.6 Å². The van der Waals surface area contributed by atoms with Crippen molar-refractivity contribution in [3.63, 3.8) is 0 Å². The fourth-order valence-corrected chi connectivity index (χ4v) is 4.92. The zero-order chi connectivity index (χ0) is 15.6. The van der Waals surface area contributed by atoms with Crippen molar-refractivity contribution in [3.05, 3.63) is 27.4 Å². The van der Waals surface area contributed by atoms with Gasteiger partial charge in [-0.2, -0.15) is 12.7 Å². The van der Waals surface area contributed by atoms with E-state index in [1.807, 2.05) is 0 Å². The maximum atomic E-state index is 13.2. The molecule has 2 N–H and O–H groups in total. The second kappa shape index (κ2) is 6.78. The molecule has 0 spiro atoms. The molecule has 2 rings (SSSR count). The topological polar surface area (TPSA) is 69.6 Å². The van der Waals surface area contributed by atoms with Gasteiger partial charge >= 0.3 is 10.2 Å². The van der Waals surface area contributed by atoms with Crippen LogP contribution in [0.25, 0.3) is 0 Å². The van der Waals surface area contributed by atoms with Gasteiger partial charge in [-0.15, -0.1) is 0 Å². The molecule has 5 nitrogen and oxygen atoms in total. The fourth-order valence-electron chi connectivity index (χ4n) is 2.30. The normalized spacial score (nSPS) is 20.5. The predicted octanol–water partition coefficient (Wildman–Crippen LogP) is 2.75. The minimum atomic E-state index is -3.87. The largest absolute Gasteiger partial charge is 0.395 e. The van der Waals surface area contributed by atoms with Crippen molar-refractivity contribution in [1.82, 2.24) is 4.31 Å². The lowest BCUT2D eigenvalue weighted by Crippen LogP contribution is -2.48. The minimum Gasteiger partial charge on any atom is -0.395 e. The summed E-state index contributed by atoms with van der Waals surface area (Å²) < 4.78 is 41.9. The number of aliphatic hydroxyl groups is 1. The Hall–Kier alpha value is -0.410. The molecule has 0 amide bonds. The van der Waals surface area contributed by atoms with Crippen molar-refractivity contribution in [2.75, 3.05) is 17.9 Å². The minimum absolute atomic E-state index is 0.0389. The van der Waals surface area contributed by atoms with Crippen molar-refractivity contribution < 1.29 is 17.9 Å². The second-order valence-corrected chi connectivity index (χ2v) is 7.68. The molecule has 1 aliphatic rings. The highest BCUT2D eigenvalue weighted by molar-refractivity contribution is 9.10. The third-order valence-corrected chi connectivity index (χ3v) is 5.81. The van der Waals surface area contributed by atoms with Gasteiger partial charge in [-0.25, -0.2) is 4.39 Å². The van der Waals surface area contributed by atoms with Crippen molar-refractivity contribution >= 4 is 43.4 Å². The average molecular weight is 402 g/mol. The van der Waals surface area contributed by atoms with Crippen LogP contribution in [0.5, 0.6) is 0 Å². The van der Waals surface area contributed by atoms with Gasteiger partial charge in [-0.3, -0.25) is 4.72 Å². The van der Waals surface area contributed by atoms with E-state index in [9.17, 15) is 17.9 Å². The Labute approximate surface area is 136 Å².